The van der Waals surface area contributed by atoms with Gasteiger partial charge in [0, 0.05) is 6.54 Å². The zero-order chi connectivity index (χ0) is 20.6. The summed E-state index contributed by atoms with van der Waals surface area (Å²) in [6, 6.07) is 13.6. The summed E-state index contributed by atoms with van der Waals surface area (Å²) in [5.74, 6) is -0.356. The summed E-state index contributed by atoms with van der Waals surface area (Å²) in [6.45, 7) is 7.20. The molecule has 0 amide bonds. The van der Waals surface area contributed by atoms with Gasteiger partial charge in [0.1, 0.15) is 0 Å². The van der Waals surface area contributed by atoms with Crippen molar-refractivity contribution in [2.75, 3.05) is 18.4 Å². The zero-order valence-electron chi connectivity index (χ0n) is 16.4. The van der Waals surface area contributed by atoms with Crippen LogP contribution < -0.4 is 15.8 Å². The molecule has 160 valence electrons. The van der Waals surface area contributed by atoms with Crippen molar-refractivity contribution in [2.24, 2.45) is 10.7 Å². The molecule has 0 unspecified atom stereocenters. The average Bonchev–Trinajstić information content (AvgIpc) is 2.65. The third-order valence-corrected chi connectivity index (χ3v) is 4.20. The fourth-order valence-corrected chi connectivity index (χ4v) is 2.69. The Morgan fingerprint density at radius 2 is 1.62 bits per heavy atom. The van der Waals surface area contributed by atoms with Crippen molar-refractivity contribution in [3.8, 4) is 5.75 Å². The molecule has 0 radical (unpaired) electrons. The summed E-state index contributed by atoms with van der Waals surface area (Å²) in [6.07, 6.45) is -4.78. The Labute approximate surface area is 186 Å². The first-order chi connectivity index (χ1) is 13.3. The molecule has 0 saturated heterocycles. The van der Waals surface area contributed by atoms with E-state index in [9.17, 15) is 13.2 Å². The van der Waals surface area contributed by atoms with Crippen molar-refractivity contribution in [2.45, 2.75) is 33.3 Å². The summed E-state index contributed by atoms with van der Waals surface area (Å²) < 4.78 is 41.6. The Bertz CT molecular complexity index is 795. The molecule has 3 N–H and O–H groups in total. The van der Waals surface area contributed by atoms with E-state index in [0.717, 1.165) is 30.8 Å². The van der Waals surface area contributed by atoms with Crippen molar-refractivity contribution in [3.63, 3.8) is 0 Å². The van der Waals surface area contributed by atoms with Crippen LogP contribution in [0.4, 0.5) is 18.9 Å². The molecule has 2 aromatic carbocycles. The van der Waals surface area contributed by atoms with E-state index < -0.39 is 6.36 Å². The van der Waals surface area contributed by atoms with Gasteiger partial charge in [-0.15, -0.1) is 37.1 Å². The molecule has 9 heteroatoms. The van der Waals surface area contributed by atoms with E-state index in [-0.39, 0.29) is 41.4 Å². The highest BCUT2D eigenvalue weighted by Gasteiger charge is 2.32. The number of alkyl halides is 3. The van der Waals surface area contributed by atoms with Gasteiger partial charge < -0.3 is 15.8 Å². The first kappa shape index (κ1) is 25.0. The smallest absolute Gasteiger partial charge is 0.404 e. The van der Waals surface area contributed by atoms with E-state index in [4.69, 9.17) is 5.73 Å². The van der Waals surface area contributed by atoms with Gasteiger partial charge in [-0.25, -0.2) is 4.99 Å². The first-order valence-electron chi connectivity index (χ1n) is 9.03. The molecule has 0 aliphatic rings. The maximum Gasteiger partial charge on any atom is 0.573 e. The Morgan fingerprint density at radius 3 is 2.24 bits per heavy atom. The van der Waals surface area contributed by atoms with Gasteiger partial charge in [-0.1, -0.05) is 50.2 Å². The Morgan fingerprint density at radius 1 is 1.03 bits per heavy atom. The number of nitrogens with zero attached hydrogens (tertiary/aromatic N) is 2. The molecule has 29 heavy (non-hydrogen) atoms. The molecule has 0 fully saturated rings. The number of hydrogen-bond acceptors (Lipinski definition) is 3. The lowest BCUT2D eigenvalue weighted by Gasteiger charge is -2.19. The van der Waals surface area contributed by atoms with Crippen LogP contribution in [0.15, 0.2) is 53.5 Å². The van der Waals surface area contributed by atoms with Crippen molar-refractivity contribution >= 4 is 35.6 Å². The molecular weight excluding hydrogens is 496 g/mol. The summed E-state index contributed by atoms with van der Waals surface area (Å²) in [4.78, 5) is 6.56. The summed E-state index contributed by atoms with van der Waals surface area (Å²) in [5.41, 5.74) is 8.13. The molecule has 0 bridgehead atoms. The molecule has 2 rings (SSSR count). The standard InChI is InChI=1S/C20H25F3N4O.HI/c1-3-27(4-2)14-16-10-6-5-9-15(16)13-25-19(24)26-17-11-7-8-12-18(17)28-20(21,22)23;/h5-12H,3-4,13-14H2,1-2H3,(H3,24,25,26);1H. The molecule has 2 aromatic rings. The first-order valence-corrected chi connectivity index (χ1v) is 9.03. The number of anilines is 1. The number of rotatable bonds is 8. The lowest BCUT2D eigenvalue weighted by molar-refractivity contribution is -0.274. The SMILES string of the molecule is CCN(CC)Cc1ccccc1CN=C(N)Nc1ccccc1OC(F)(F)F.I. The summed E-state index contributed by atoms with van der Waals surface area (Å²) in [7, 11) is 0. The average molecular weight is 522 g/mol. The molecule has 0 aliphatic heterocycles. The number of halogens is 4. The number of benzene rings is 2. The minimum atomic E-state index is -4.78. The van der Waals surface area contributed by atoms with Crippen LogP contribution >= 0.6 is 24.0 Å². The van der Waals surface area contributed by atoms with Crippen LogP contribution in [0.5, 0.6) is 5.75 Å². The molecule has 0 aliphatic carbocycles. The molecule has 0 atom stereocenters. The van der Waals surface area contributed by atoms with Crippen LogP contribution in [0.3, 0.4) is 0 Å². The monoisotopic (exact) mass is 522 g/mol. The predicted octanol–water partition coefficient (Wildman–Crippen LogP) is 4.97. The highest BCUT2D eigenvalue weighted by atomic mass is 127. The Balaban J connectivity index is 0.00000420. The van der Waals surface area contributed by atoms with Crippen LogP contribution in [0.2, 0.25) is 0 Å². The van der Waals surface area contributed by atoms with Crippen molar-refractivity contribution < 1.29 is 17.9 Å². The van der Waals surface area contributed by atoms with Crippen molar-refractivity contribution in [3.05, 3.63) is 59.7 Å². The quantitative estimate of drug-likeness (QED) is 0.292. The number of aliphatic imine (C=N–C) groups is 1. The maximum absolute atomic E-state index is 12.5. The Kier molecular flexibility index (Phi) is 10.2. The van der Waals surface area contributed by atoms with Gasteiger partial charge in [-0.05, 0) is 36.3 Å². The van der Waals surface area contributed by atoms with Crippen LogP contribution in [-0.2, 0) is 13.1 Å². The molecule has 0 saturated carbocycles. The minimum Gasteiger partial charge on any atom is -0.404 e. The van der Waals surface area contributed by atoms with E-state index in [0.29, 0.717) is 6.54 Å². The van der Waals surface area contributed by atoms with E-state index in [1.54, 1.807) is 6.07 Å². The van der Waals surface area contributed by atoms with E-state index in [2.05, 4.69) is 33.8 Å². The molecule has 5 nitrogen and oxygen atoms in total. The van der Waals surface area contributed by atoms with Crippen molar-refractivity contribution in [1.29, 1.82) is 0 Å². The Hall–Kier alpha value is -2.01. The zero-order valence-corrected chi connectivity index (χ0v) is 18.7. The third-order valence-electron chi connectivity index (χ3n) is 4.20. The third kappa shape index (κ3) is 8.48. The van der Waals surface area contributed by atoms with E-state index >= 15 is 0 Å². The summed E-state index contributed by atoms with van der Waals surface area (Å²) in [5, 5.41) is 2.68. The number of para-hydroxylation sites is 2. The molecular formula is C20H26F3IN4O. The predicted molar refractivity (Wildman–Crippen MR) is 121 cm³/mol. The van der Waals surface area contributed by atoms with Gasteiger partial charge in [0.05, 0.1) is 12.2 Å². The fraction of sp³-hybridized carbons (Fsp3) is 0.350. The van der Waals surface area contributed by atoms with E-state index in [1.807, 2.05) is 24.3 Å². The number of nitrogens with two attached hydrogens (primary N) is 1. The largest absolute Gasteiger partial charge is 0.573 e. The van der Waals surface area contributed by atoms with Gasteiger partial charge in [-0.2, -0.15) is 0 Å². The van der Waals surface area contributed by atoms with Crippen LogP contribution in [0.25, 0.3) is 0 Å². The van der Waals surface area contributed by atoms with Gasteiger partial charge >= 0.3 is 6.36 Å². The molecule has 0 spiro atoms. The van der Waals surface area contributed by atoms with Gasteiger partial charge in [0.15, 0.2) is 11.7 Å². The van der Waals surface area contributed by atoms with Crippen LogP contribution in [-0.4, -0.2) is 30.3 Å². The summed E-state index contributed by atoms with van der Waals surface area (Å²) >= 11 is 0. The number of hydrogen-bond donors (Lipinski definition) is 2. The second-order valence-electron chi connectivity index (χ2n) is 6.10. The topological polar surface area (TPSA) is 62.9 Å². The van der Waals surface area contributed by atoms with Gasteiger partial charge in [-0.3, -0.25) is 4.90 Å². The normalized spacial score (nSPS) is 11.9. The second-order valence-corrected chi connectivity index (χ2v) is 6.10. The highest BCUT2D eigenvalue weighted by molar-refractivity contribution is 14.0. The van der Waals surface area contributed by atoms with Gasteiger partial charge in [0.25, 0.3) is 0 Å². The molecule has 0 heterocycles. The van der Waals surface area contributed by atoms with Crippen molar-refractivity contribution in [1.82, 2.24) is 4.90 Å². The molecule has 0 aromatic heterocycles. The second kappa shape index (κ2) is 11.9. The lowest BCUT2D eigenvalue weighted by atomic mass is 10.1. The fourth-order valence-electron chi connectivity index (χ4n) is 2.69. The van der Waals surface area contributed by atoms with E-state index in [1.165, 1.54) is 18.2 Å². The minimum absolute atomic E-state index is 0. The van der Waals surface area contributed by atoms with Crippen LogP contribution in [0.1, 0.15) is 25.0 Å². The maximum atomic E-state index is 12.5. The van der Waals surface area contributed by atoms with Gasteiger partial charge in [0.2, 0.25) is 0 Å². The lowest BCUT2D eigenvalue weighted by Crippen LogP contribution is -2.25. The highest BCUT2D eigenvalue weighted by Crippen LogP contribution is 2.29. The number of nitrogens with one attached hydrogen (secondary N) is 1. The number of guanidine groups is 1. The van der Waals surface area contributed by atoms with Crippen LogP contribution in [0, 0.1) is 0 Å². The number of ether oxygens (including phenoxy) is 1.